The number of hydrogen-bond acceptors (Lipinski definition) is 4. The van der Waals surface area contributed by atoms with Gasteiger partial charge in [0.25, 0.3) is 0 Å². The molecule has 2 N–H and O–H groups in total. The molecular weight excluding hydrogens is 456 g/mol. The summed E-state index contributed by atoms with van der Waals surface area (Å²) in [4.78, 5) is 25.4. The van der Waals surface area contributed by atoms with Crippen molar-refractivity contribution in [2.24, 2.45) is 0 Å². The summed E-state index contributed by atoms with van der Waals surface area (Å²) >= 11 is 0. The molecule has 7 heteroatoms. The first-order valence-corrected chi connectivity index (χ1v) is 12.1. The Morgan fingerprint density at radius 3 is 2.42 bits per heavy atom. The van der Waals surface area contributed by atoms with Crippen LogP contribution in [-0.4, -0.2) is 44.4 Å². The lowest BCUT2D eigenvalue weighted by Gasteiger charge is -2.19. The summed E-state index contributed by atoms with van der Waals surface area (Å²) in [6.07, 6.45) is 2.04. The fraction of sp³-hybridized carbons (Fsp3) is 0.310. The van der Waals surface area contributed by atoms with Crippen molar-refractivity contribution in [3.05, 3.63) is 77.9 Å². The highest BCUT2D eigenvalue weighted by Gasteiger charge is 2.13. The van der Waals surface area contributed by atoms with Gasteiger partial charge < -0.3 is 19.9 Å². The summed E-state index contributed by atoms with van der Waals surface area (Å²) < 4.78 is 11.1. The van der Waals surface area contributed by atoms with Crippen molar-refractivity contribution in [2.45, 2.75) is 32.6 Å². The second-order valence-electron chi connectivity index (χ2n) is 8.50. The van der Waals surface area contributed by atoms with Crippen molar-refractivity contribution < 1.29 is 24.2 Å². The number of nitrogens with zero attached hydrogens (tertiary/aromatic N) is 1. The van der Waals surface area contributed by atoms with Gasteiger partial charge in [-0.15, -0.1) is 0 Å². The molecule has 3 rings (SSSR count). The van der Waals surface area contributed by atoms with E-state index >= 15 is 0 Å². The predicted octanol–water partition coefficient (Wildman–Crippen LogP) is 5.56. The number of amides is 2. The van der Waals surface area contributed by atoms with Crippen LogP contribution in [0.5, 0.6) is 11.5 Å². The number of hydrogen-bond donors (Lipinski definition) is 2. The van der Waals surface area contributed by atoms with Crippen molar-refractivity contribution >= 4 is 17.7 Å². The van der Waals surface area contributed by atoms with Gasteiger partial charge in [-0.25, -0.2) is 4.79 Å². The highest BCUT2D eigenvalue weighted by Crippen LogP contribution is 2.30. The number of ether oxygens (including phenoxy) is 2. The van der Waals surface area contributed by atoms with Gasteiger partial charge in [0.1, 0.15) is 11.5 Å². The van der Waals surface area contributed by atoms with Crippen LogP contribution in [0, 0.1) is 0 Å². The van der Waals surface area contributed by atoms with E-state index in [4.69, 9.17) is 14.6 Å². The number of carbonyl (C=O) groups is 2. The van der Waals surface area contributed by atoms with Gasteiger partial charge in [-0.1, -0.05) is 43.3 Å². The first kappa shape index (κ1) is 26.6. The average molecular weight is 491 g/mol. The Kier molecular flexibility index (Phi) is 9.74. The van der Waals surface area contributed by atoms with E-state index in [0.29, 0.717) is 25.3 Å². The molecule has 36 heavy (non-hydrogen) atoms. The number of benzene rings is 3. The summed E-state index contributed by atoms with van der Waals surface area (Å²) in [5.74, 6) is 0.672. The number of aryl methyl sites for hydroxylation is 1. The molecule has 190 valence electrons. The smallest absolute Gasteiger partial charge is 0.321 e. The highest BCUT2D eigenvalue weighted by atomic mass is 16.5. The van der Waals surface area contributed by atoms with E-state index in [1.54, 1.807) is 19.1 Å². The molecule has 0 saturated carbocycles. The maximum Gasteiger partial charge on any atom is 0.321 e. The molecule has 0 unspecified atom stereocenters. The number of carboxylic acid groups (broad SMARTS) is 1. The molecule has 7 nitrogen and oxygen atoms in total. The molecule has 0 atom stereocenters. The van der Waals surface area contributed by atoms with E-state index in [0.717, 1.165) is 46.5 Å². The van der Waals surface area contributed by atoms with E-state index in [1.165, 1.54) is 0 Å². The average Bonchev–Trinajstić information content (AvgIpc) is 2.90. The Hall–Kier alpha value is -4.00. The first-order valence-electron chi connectivity index (χ1n) is 12.1. The van der Waals surface area contributed by atoms with Gasteiger partial charge in [0.2, 0.25) is 0 Å². The minimum absolute atomic E-state index is 0.0513. The first-order chi connectivity index (χ1) is 17.4. The third-order valence-corrected chi connectivity index (χ3v) is 5.86. The molecule has 0 aliphatic rings. The zero-order valence-corrected chi connectivity index (χ0v) is 21.1. The molecule has 3 aromatic rings. The number of carboxylic acids is 1. The number of anilines is 1. The van der Waals surface area contributed by atoms with Crippen LogP contribution in [-0.2, 0) is 17.6 Å². The maximum absolute atomic E-state index is 12.8. The quantitative estimate of drug-likeness (QED) is 0.347. The van der Waals surface area contributed by atoms with E-state index in [9.17, 15) is 9.59 Å². The molecule has 0 aliphatic heterocycles. The number of nitrogens with one attached hydrogen (secondary N) is 1. The van der Waals surface area contributed by atoms with Gasteiger partial charge in [-0.3, -0.25) is 9.69 Å². The molecule has 0 aromatic heterocycles. The number of rotatable bonds is 12. The molecule has 0 heterocycles. The van der Waals surface area contributed by atoms with Crippen molar-refractivity contribution in [2.75, 3.05) is 32.2 Å². The Bertz CT molecular complexity index is 1160. The number of methoxy groups -OCH3 is 1. The third kappa shape index (κ3) is 7.50. The summed E-state index contributed by atoms with van der Waals surface area (Å²) in [7, 11) is 3.38. The number of urea groups is 1. The maximum atomic E-state index is 12.8. The lowest BCUT2D eigenvalue weighted by atomic mass is 10.0. The summed E-state index contributed by atoms with van der Waals surface area (Å²) in [6.45, 7) is 3.11. The predicted molar refractivity (Wildman–Crippen MR) is 142 cm³/mol. The molecule has 0 radical (unpaired) electrons. The zero-order valence-electron chi connectivity index (χ0n) is 21.1. The van der Waals surface area contributed by atoms with Gasteiger partial charge in [0.05, 0.1) is 13.7 Å². The van der Waals surface area contributed by atoms with E-state index in [-0.39, 0.29) is 12.5 Å². The summed E-state index contributed by atoms with van der Waals surface area (Å²) in [6, 6.07) is 21.2. The van der Waals surface area contributed by atoms with Gasteiger partial charge >= 0.3 is 12.0 Å². The van der Waals surface area contributed by atoms with Crippen molar-refractivity contribution in [3.8, 4) is 22.6 Å². The summed E-state index contributed by atoms with van der Waals surface area (Å²) in [5.41, 5.74) is 4.64. The van der Waals surface area contributed by atoms with E-state index in [1.807, 2.05) is 73.7 Å². The van der Waals surface area contributed by atoms with Crippen LogP contribution >= 0.6 is 0 Å². The van der Waals surface area contributed by atoms with E-state index in [2.05, 4.69) is 5.32 Å². The van der Waals surface area contributed by atoms with Crippen LogP contribution < -0.4 is 19.7 Å². The Morgan fingerprint density at radius 2 is 1.72 bits per heavy atom. The van der Waals surface area contributed by atoms with Crippen LogP contribution in [0.15, 0.2) is 66.7 Å². The normalized spacial score (nSPS) is 10.5. The lowest BCUT2D eigenvalue weighted by Crippen LogP contribution is -2.38. The minimum Gasteiger partial charge on any atom is -0.497 e. The van der Waals surface area contributed by atoms with Gasteiger partial charge in [0.15, 0.2) is 0 Å². The standard InChI is InChI=1S/C29H34N2O5/c1-4-18-36-27-20-24(11-10-22(27)12-15-28(32)33)23-6-5-7-25(19-23)31(2)29(34)30-17-16-21-8-13-26(35-3)14-9-21/h5-11,13-14,19-20H,4,12,15-18H2,1-3H3,(H,30,34)(H,32,33). The van der Waals surface area contributed by atoms with E-state index < -0.39 is 5.97 Å². The molecule has 0 spiro atoms. The molecular formula is C29H34N2O5. The Labute approximate surface area is 212 Å². The van der Waals surface area contributed by atoms with Crippen molar-refractivity contribution in [1.82, 2.24) is 5.32 Å². The minimum atomic E-state index is -0.835. The molecule has 2 amide bonds. The topological polar surface area (TPSA) is 88.1 Å². The van der Waals surface area contributed by atoms with Crippen molar-refractivity contribution in [3.63, 3.8) is 0 Å². The largest absolute Gasteiger partial charge is 0.497 e. The fourth-order valence-electron chi connectivity index (χ4n) is 3.76. The van der Waals surface area contributed by atoms with Gasteiger partial charge in [-0.2, -0.15) is 0 Å². The van der Waals surface area contributed by atoms with Crippen molar-refractivity contribution in [1.29, 1.82) is 0 Å². The second kappa shape index (κ2) is 13.2. The van der Waals surface area contributed by atoms with Crippen LogP contribution in [0.25, 0.3) is 11.1 Å². The molecule has 0 fully saturated rings. The highest BCUT2D eigenvalue weighted by molar-refractivity contribution is 5.92. The van der Waals surface area contributed by atoms with Crippen LogP contribution in [0.4, 0.5) is 10.5 Å². The van der Waals surface area contributed by atoms with Gasteiger partial charge in [-0.05, 0) is 71.8 Å². The zero-order chi connectivity index (χ0) is 25.9. The van der Waals surface area contributed by atoms with Gasteiger partial charge in [0, 0.05) is 25.7 Å². The molecule has 0 bridgehead atoms. The number of aliphatic carboxylic acids is 1. The van der Waals surface area contributed by atoms with Crippen LogP contribution in [0.1, 0.15) is 30.9 Å². The lowest BCUT2D eigenvalue weighted by molar-refractivity contribution is -0.136. The summed E-state index contributed by atoms with van der Waals surface area (Å²) in [5, 5.41) is 12.0. The molecule has 3 aromatic carbocycles. The van der Waals surface area contributed by atoms with Crippen LogP contribution in [0.2, 0.25) is 0 Å². The molecule has 0 aliphatic carbocycles. The Morgan fingerprint density at radius 1 is 0.972 bits per heavy atom. The van der Waals surface area contributed by atoms with Crippen LogP contribution in [0.3, 0.4) is 0 Å². The third-order valence-electron chi connectivity index (χ3n) is 5.86. The second-order valence-corrected chi connectivity index (χ2v) is 8.50. The number of carbonyl (C=O) groups excluding carboxylic acids is 1. The monoisotopic (exact) mass is 490 g/mol. The fourth-order valence-corrected chi connectivity index (χ4v) is 3.76. The SMILES string of the molecule is CCCOc1cc(-c2cccc(N(C)C(=O)NCCc3ccc(OC)cc3)c2)ccc1CCC(=O)O. The Balaban J connectivity index is 1.68. The molecule has 0 saturated heterocycles.